The highest BCUT2D eigenvalue weighted by atomic mass is 16.5. The van der Waals surface area contributed by atoms with Crippen LogP contribution in [0.5, 0.6) is 0 Å². The summed E-state index contributed by atoms with van der Waals surface area (Å²) in [6, 6.07) is 6.26. The fraction of sp³-hybridized carbons (Fsp3) is 0.625. The first-order chi connectivity index (χ1) is 9.65. The molecule has 2 atom stereocenters. The molecule has 1 fully saturated rings. The zero-order chi connectivity index (χ0) is 14.4. The molecule has 20 heavy (non-hydrogen) atoms. The minimum atomic E-state index is -0.503. The summed E-state index contributed by atoms with van der Waals surface area (Å²) in [6.45, 7) is 6.38. The molecule has 112 valence electrons. The molecule has 1 aliphatic heterocycles. The standard InChI is InChI=1S/C16H25NO3/c1-12-5-6-13(2)16(8-12)17-9-14(18)10-19-11-15-4-3-7-20-15/h5-6,8,14-15,17-18H,3-4,7,9-11H2,1-2H3. The van der Waals surface area contributed by atoms with Crippen molar-refractivity contribution in [1.29, 1.82) is 0 Å². The van der Waals surface area contributed by atoms with Gasteiger partial charge in [-0.3, -0.25) is 0 Å². The Bertz CT molecular complexity index is 416. The van der Waals surface area contributed by atoms with Gasteiger partial charge in [-0.2, -0.15) is 0 Å². The second kappa shape index (κ2) is 7.62. The molecule has 1 heterocycles. The van der Waals surface area contributed by atoms with E-state index in [2.05, 4.69) is 37.4 Å². The Balaban J connectivity index is 1.66. The van der Waals surface area contributed by atoms with Crippen molar-refractivity contribution in [2.45, 2.75) is 38.9 Å². The lowest BCUT2D eigenvalue weighted by Gasteiger charge is -2.16. The van der Waals surface area contributed by atoms with Gasteiger partial charge >= 0.3 is 0 Å². The van der Waals surface area contributed by atoms with E-state index in [9.17, 15) is 5.11 Å². The Morgan fingerprint density at radius 2 is 2.30 bits per heavy atom. The second-order valence-corrected chi connectivity index (χ2v) is 5.53. The Labute approximate surface area is 121 Å². The van der Waals surface area contributed by atoms with Crippen molar-refractivity contribution in [2.24, 2.45) is 0 Å². The zero-order valence-electron chi connectivity index (χ0n) is 12.4. The number of rotatable bonds is 7. The van der Waals surface area contributed by atoms with Crippen molar-refractivity contribution in [1.82, 2.24) is 0 Å². The van der Waals surface area contributed by atoms with Crippen molar-refractivity contribution < 1.29 is 14.6 Å². The van der Waals surface area contributed by atoms with E-state index in [-0.39, 0.29) is 6.10 Å². The number of hydrogen-bond acceptors (Lipinski definition) is 4. The van der Waals surface area contributed by atoms with Gasteiger partial charge in [0, 0.05) is 18.8 Å². The van der Waals surface area contributed by atoms with Gasteiger partial charge in [0.1, 0.15) is 0 Å². The highest BCUT2D eigenvalue weighted by Gasteiger charge is 2.16. The van der Waals surface area contributed by atoms with Gasteiger partial charge in [-0.15, -0.1) is 0 Å². The molecule has 2 N–H and O–H groups in total. The molecule has 4 nitrogen and oxygen atoms in total. The van der Waals surface area contributed by atoms with E-state index in [0.717, 1.165) is 25.1 Å². The minimum absolute atomic E-state index is 0.217. The molecule has 1 aromatic rings. The topological polar surface area (TPSA) is 50.7 Å². The predicted octanol–water partition coefficient (Wildman–Crippen LogP) is 2.27. The smallest absolute Gasteiger partial charge is 0.0945 e. The Morgan fingerprint density at radius 3 is 3.05 bits per heavy atom. The van der Waals surface area contributed by atoms with E-state index in [1.54, 1.807) is 0 Å². The molecule has 0 saturated carbocycles. The molecule has 0 aromatic heterocycles. The summed E-state index contributed by atoms with van der Waals surface area (Å²) in [5.74, 6) is 0. The SMILES string of the molecule is Cc1ccc(C)c(NCC(O)COCC2CCCO2)c1. The normalized spacial score (nSPS) is 20.1. The van der Waals surface area contributed by atoms with Gasteiger partial charge in [0.05, 0.1) is 25.4 Å². The Kier molecular flexibility index (Phi) is 5.83. The maximum absolute atomic E-state index is 9.92. The van der Waals surface area contributed by atoms with Gasteiger partial charge in [0.15, 0.2) is 0 Å². The molecular weight excluding hydrogens is 254 g/mol. The van der Waals surface area contributed by atoms with Gasteiger partial charge in [-0.1, -0.05) is 12.1 Å². The predicted molar refractivity (Wildman–Crippen MR) is 80.2 cm³/mol. The maximum Gasteiger partial charge on any atom is 0.0945 e. The van der Waals surface area contributed by atoms with Crippen molar-refractivity contribution in [3.63, 3.8) is 0 Å². The van der Waals surface area contributed by atoms with Crippen LogP contribution in [-0.2, 0) is 9.47 Å². The number of aliphatic hydroxyl groups is 1. The molecule has 1 saturated heterocycles. The molecule has 1 aliphatic rings. The van der Waals surface area contributed by atoms with Gasteiger partial charge in [-0.25, -0.2) is 0 Å². The third kappa shape index (κ3) is 4.78. The van der Waals surface area contributed by atoms with Crippen LogP contribution in [-0.4, -0.2) is 43.7 Å². The Morgan fingerprint density at radius 1 is 1.45 bits per heavy atom. The van der Waals surface area contributed by atoms with Crippen LogP contribution in [0.25, 0.3) is 0 Å². The first-order valence-corrected chi connectivity index (χ1v) is 7.33. The van der Waals surface area contributed by atoms with Crippen LogP contribution in [0, 0.1) is 13.8 Å². The van der Waals surface area contributed by atoms with Crippen LogP contribution in [0.3, 0.4) is 0 Å². The zero-order valence-corrected chi connectivity index (χ0v) is 12.4. The summed E-state index contributed by atoms with van der Waals surface area (Å²) >= 11 is 0. The summed E-state index contributed by atoms with van der Waals surface area (Å²) in [6.07, 6.45) is 1.90. The summed E-state index contributed by atoms with van der Waals surface area (Å²) in [4.78, 5) is 0. The van der Waals surface area contributed by atoms with E-state index >= 15 is 0 Å². The molecule has 0 radical (unpaired) electrons. The van der Waals surface area contributed by atoms with E-state index in [1.807, 2.05) is 0 Å². The number of aryl methyl sites for hydroxylation is 2. The molecule has 0 spiro atoms. The maximum atomic E-state index is 9.92. The van der Waals surface area contributed by atoms with Crippen LogP contribution in [0.2, 0.25) is 0 Å². The van der Waals surface area contributed by atoms with E-state index in [0.29, 0.717) is 19.8 Å². The van der Waals surface area contributed by atoms with Crippen molar-refractivity contribution >= 4 is 5.69 Å². The van der Waals surface area contributed by atoms with Crippen LogP contribution in [0.1, 0.15) is 24.0 Å². The molecule has 0 amide bonds. The lowest BCUT2D eigenvalue weighted by atomic mass is 10.1. The lowest BCUT2D eigenvalue weighted by molar-refractivity contribution is -0.0137. The van der Waals surface area contributed by atoms with Gasteiger partial charge < -0.3 is 19.9 Å². The highest BCUT2D eigenvalue weighted by molar-refractivity contribution is 5.52. The quantitative estimate of drug-likeness (QED) is 0.804. The van der Waals surface area contributed by atoms with Crippen LogP contribution >= 0.6 is 0 Å². The number of benzene rings is 1. The van der Waals surface area contributed by atoms with Gasteiger partial charge in [0.25, 0.3) is 0 Å². The van der Waals surface area contributed by atoms with E-state index in [1.165, 1.54) is 11.1 Å². The number of ether oxygens (including phenoxy) is 2. The van der Waals surface area contributed by atoms with Crippen LogP contribution in [0.4, 0.5) is 5.69 Å². The summed E-state index contributed by atoms with van der Waals surface area (Å²) in [7, 11) is 0. The fourth-order valence-corrected chi connectivity index (χ4v) is 2.32. The largest absolute Gasteiger partial charge is 0.389 e. The van der Waals surface area contributed by atoms with E-state index in [4.69, 9.17) is 9.47 Å². The number of anilines is 1. The second-order valence-electron chi connectivity index (χ2n) is 5.53. The molecule has 0 aliphatic carbocycles. The Hall–Kier alpha value is -1.10. The first kappa shape index (κ1) is 15.3. The van der Waals surface area contributed by atoms with Crippen LogP contribution < -0.4 is 5.32 Å². The number of aliphatic hydroxyl groups excluding tert-OH is 1. The van der Waals surface area contributed by atoms with Gasteiger partial charge in [-0.05, 0) is 43.9 Å². The summed E-state index contributed by atoms with van der Waals surface area (Å²) < 4.78 is 11.0. The summed E-state index contributed by atoms with van der Waals surface area (Å²) in [5.41, 5.74) is 3.47. The van der Waals surface area contributed by atoms with Gasteiger partial charge in [0.2, 0.25) is 0 Å². The number of nitrogens with one attached hydrogen (secondary N) is 1. The first-order valence-electron chi connectivity index (χ1n) is 7.33. The van der Waals surface area contributed by atoms with Crippen LogP contribution in [0.15, 0.2) is 18.2 Å². The third-order valence-corrected chi connectivity index (χ3v) is 3.56. The fourth-order valence-electron chi connectivity index (χ4n) is 2.32. The molecule has 2 unspecified atom stereocenters. The average Bonchev–Trinajstić information content (AvgIpc) is 2.93. The van der Waals surface area contributed by atoms with E-state index < -0.39 is 6.10 Å². The molecule has 0 bridgehead atoms. The molecular formula is C16H25NO3. The minimum Gasteiger partial charge on any atom is -0.389 e. The molecule has 1 aromatic carbocycles. The van der Waals surface area contributed by atoms with Crippen molar-refractivity contribution in [2.75, 3.05) is 31.7 Å². The lowest BCUT2D eigenvalue weighted by Crippen LogP contribution is -2.27. The van der Waals surface area contributed by atoms with Crippen molar-refractivity contribution in [3.05, 3.63) is 29.3 Å². The molecule has 4 heteroatoms. The summed E-state index contributed by atoms with van der Waals surface area (Å²) in [5, 5.41) is 13.2. The van der Waals surface area contributed by atoms with Crippen molar-refractivity contribution in [3.8, 4) is 0 Å². The average molecular weight is 279 g/mol. The highest BCUT2D eigenvalue weighted by Crippen LogP contribution is 2.16. The number of hydrogen-bond donors (Lipinski definition) is 2. The monoisotopic (exact) mass is 279 g/mol. The third-order valence-electron chi connectivity index (χ3n) is 3.56. The molecule has 2 rings (SSSR count).